The van der Waals surface area contributed by atoms with Crippen molar-refractivity contribution in [3.8, 4) is 0 Å². The molecule has 0 saturated carbocycles. The largest absolute Gasteiger partial charge is 0.481 e. The minimum atomic E-state index is -0.948. The lowest BCUT2D eigenvalue weighted by Crippen LogP contribution is -1.98. The van der Waals surface area contributed by atoms with Gasteiger partial charge >= 0.3 is 11.9 Å². The molecular formula is C7H11N3O4S. The van der Waals surface area contributed by atoms with Crippen molar-refractivity contribution in [2.75, 3.05) is 5.73 Å². The molecule has 0 unspecified atom stereocenters. The second-order valence-corrected chi connectivity index (χ2v) is 3.28. The molecule has 1 aromatic rings. The van der Waals surface area contributed by atoms with Gasteiger partial charge in [-0.05, 0) is 6.42 Å². The van der Waals surface area contributed by atoms with Gasteiger partial charge in [0.2, 0.25) is 5.13 Å². The summed E-state index contributed by atoms with van der Waals surface area (Å²) in [4.78, 5) is 19.6. The lowest BCUT2D eigenvalue weighted by Gasteiger charge is -1.89. The summed E-state index contributed by atoms with van der Waals surface area (Å²) in [5.74, 6) is -1.90. The fraction of sp³-hybridized carbons (Fsp3) is 0.429. The molecule has 15 heavy (non-hydrogen) atoms. The first kappa shape index (κ1) is 13.3. The second kappa shape index (κ2) is 7.68. The zero-order valence-electron chi connectivity index (χ0n) is 7.79. The molecular weight excluding hydrogens is 222 g/mol. The Morgan fingerprint density at radius 1 is 1.33 bits per heavy atom. The van der Waals surface area contributed by atoms with E-state index in [4.69, 9.17) is 15.9 Å². The molecule has 7 nitrogen and oxygen atoms in total. The maximum absolute atomic E-state index is 9.79. The van der Waals surface area contributed by atoms with Crippen LogP contribution in [0, 0.1) is 0 Å². The first-order chi connectivity index (χ1) is 7.02. The minimum Gasteiger partial charge on any atom is -0.481 e. The number of nitrogens with two attached hydrogens (primary N) is 1. The van der Waals surface area contributed by atoms with E-state index in [-0.39, 0.29) is 19.3 Å². The van der Waals surface area contributed by atoms with Gasteiger partial charge in [0.25, 0.3) is 0 Å². The molecule has 0 radical (unpaired) electrons. The third-order valence-electron chi connectivity index (χ3n) is 1.16. The van der Waals surface area contributed by atoms with Crippen LogP contribution >= 0.6 is 11.3 Å². The molecule has 4 N–H and O–H groups in total. The average molecular weight is 233 g/mol. The minimum absolute atomic E-state index is 0.0632. The maximum Gasteiger partial charge on any atom is 0.303 e. The Morgan fingerprint density at radius 3 is 2.07 bits per heavy atom. The van der Waals surface area contributed by atoms with Crippen molar-refractivity contribution in [2.45, 2.75) is 19.3 Å². The van der Waals surface area contributed by atoms with Crippen molar-refractivity contribution in [2.24, 2.45) is 0 Å². The SMILES string of the molecule is Nc1nncs1.O=C(O)CCCC(=O)O. The van der Waals surface area contributed by atoms with Crippen LogP contribution in [-0.2, 0) is 9.59 Å². The van der Waals surface area contributed by atoms with Crippen LogP contribution in [0.5, 0.6) is 0 Å². The highest BCUT2D eigenvalue weighted by molar-refractivity contribution is 7.13. The fourth-order valence-corrected chi connectivity index (χ4v) is 0.869. The third-order valence-corrected chi connectivity index (χ3v) is 1.68. The predicted octanol–water partition coefficient (Wildman–Crippen LogP) is 0.446. The molecule has 0 aromatic carbocycles. The Hall–Kier alpha value is -1.70. The Labute approximate surface area is 89.6 Å². The molecule has 84 valence electrons. The van der Waals surface area contributed by atoms with Gasteiger partial charge in [-0.1, -0.05) is 11.3 Å². The summed E-state index contributed by atoms with van der Waals surface area (Å²) < 4.78 is 0. The molecule has 0 fully saturated rings. The quantitative estimate of drug-likeness (QED) is 0.688. The van der Waals surface area contributed by atoms with Crippen LogP contribution in [0.1, 0.15) is 19.3 Å². The number of carbonyl (C=O) groups is 2. The zero-order valence-corrected chi connectivity index (χ0v) is 8.61. The number of aromatic nitrogens is 2. The standard InChI is InChI=1S/C5H8O4.C2H3N3S/c6-4(7)2-1-3-5(8)9;3-2-5-4-1-6-2/h1-3H2,(H,6,7)(H,8,9);1H,(H2,3,5). The van der Waals surface area contributed by atoms with Gasteiger partial charge in [0.15, 0.2) is 0 Å². The number of hydrogen-bond acceptors (Lipinski definition) is 6. The summed E-state index contributed by atoms with van der Waals surface area (Å²) in [5, 5.41) is 23.5. The van der Waals surface area contributed by atoms with E-state index in [9.17, 15) is 9.59 Å². The van der Waals surface area contributed by atoms with E-state index in [2.05, 4.69) is 10.2 Å². The fourth-order valence-electron chi connectivity index (χ4n) is 0.572. The molecule has 0 spiro atoms. The molecule has 1 aromatic heterocycles. The maximum atomic E-state index is 9.79. The van der Waals surface area contributed by atoms with Crippen molar-refractivity contribution in [1.82, 2.24) is 10.2 Å². The summed E-state index contributed by atoms with van der Waals surface area (Å²) in [6.45, 7) is 0. The Morgan fingerprint density at radius 2 is 1.87 bits per heavy atom. The number of anilines is 1. The van der Waals surface area contributed by atoms with Crippen LogP contribution in [0.3, 0.4) is 0 Å². The van der Waals surface area contributed by atoms with Gasteiger partial charge < -0.3 is 15.9 Å². The number of rotatable bonds is 4. The second-order valence-electron chi connectivity index (χ2n) is 2.42. The van der Waals surface area contributed by atoms with Crippen molar-refractivity contribution < 1.29 is 19.8 Å². The molecule has 0 aliphatic heterocycles. The van der Waals surface area contributed by atoms with E-state index in [1.54, 1.807) is 5.51 Å². The Balaban J connectivity index is 0.000000280. The van der Waals surface area contributed by atoms with Crippen LogP contribution in [0.15, 0.2) is 5.51 Å². The highest BCUT2D eigenvalue weighted by Gasteiger charge is 1.99. The van der Waals surface area contributed by atoms with Gasteiger partial charge in [-0.25, -0.2) is 0 Å². The molecule has 8 heteroatoms. The summed E-state index contributed by atoms with van der Waals surface area (Å²) >= 11 is 1.33. The highest BCUT2D eigenvalue weighted by Crippen LogP contribution is 1.99. The van der Waals surface area contributed by atoms with Gasteiger partial charge in [0.05, 0.1) is 0 Å². The Bertz CT molecular complexity index is 287. The number of hydrogen-bond donors (Lipinski definition) is 3. The van der Waals surface area contributed by atoms with Gasteiger partial charge in [-0.2, -0.15) is 0 Å². The Kier molecular flexibility index (Phi) is 6.81. The van der Waals surface area contributed by atoms with Crippen molar-refractivity contribution in [3.63, 3.8) is 0 Å². The van der Waals surface area contributed by atoms with E-state index >= 15 is 0 Å². The third kappa shape index (κ3) is 10.2. The van der Waals surface area contributed by atoms with Gasteiger partial charge in [-0.15, -0.1) is 10.2 Å². The summed E-state index contributed by atoms with van der Waals surface area (Å²) in [6.07, 6.45) is 0.0866. The van der Waals surface area contributed by atoms with Crippen LogP contribution in [-0.4, -0.2) is 32.3 Å². The number of nitrogens with zero attached hydrogens (tertiary/aromatic N) is 2. The van der Waals surface area contributed by atoms with Gasteiger partial charge in [-0.3, -0.25) is 9.59 Å². The van der Waals surface area contributed by atoms with E-state index in [1.807, 2.05) is 0 Å². The average Bonchev–Trinajstić information content (AvgIpc) is 2.55. The molecule has 1 rings (SSSR count). The van der Waals surface area contributed by atoms with Crippen LogP contribution in [0.25, 0.3) is 0 Å². The zero-order chi connectivity index (χ0) is 11.7. The molecule has 1 heterocycles. The topological polar surface area (TPSA) is 126 Å². The molecule has 0 bridgehead atoms. The molecule has 0 saturated heterocycles. The number of aliphatic carboxylic acids is 2. The number of carboxylic acids is 2. The highest BCUT2D eigenvalue weighted by atomic mass is 32.1. The monoisotopic (exact) mass is 233 g/mol. The van der Waals surface area contributed by atoms with Crippen LogP contribution in [0.4, 0.5) is 5.13 Å². The van der Waals surface area contributed by atoms with Crippen LogP contribution in [0.2, 0.25) is 0 Å². The van der Waals surface area contributed by atoms with Crippen molar-refractivity contribution in [3.05, 3.63) is 5.51 Å². The smallest absolute Gasteiger partial charge is 0.303 e. The number of nitrogen functional groups attached to an aromatic ring is 1. The number of carboxylic acid groups (broad SMARTS) is 2. The van der Waals surface area contributed by atoms with E-state index in [0.717, 1.165) is 0 Å². The van der Waals surface area contributed by atoms with Crippen LogP contribution < -0.4 is 5.73 Å². The molecule has 0 atom stereocenters. The summed E-state index contributed by atoms with van der Waals surface area (Å²) in [7, 11) is 0. The lowest BCUT2D eigenvalue weighted by molar-refractivity contribution is -0.138. The van der Waals surface area contributed by atoms with E-state index in [1.165, 1.54) is 11.3 Å². The lowest BCUT2D eigenvalue weighted by atomic mass is 10.2. The summed E-state index contributed by atoms with van der Waals surface area (Å²) in [5.41, 5.74) is 6.72. The first-order valence-electron chi connectivity index (χ1n) is 3.97. The van der Waals surface area contributed by atoms with Gasteiger partial charge in [0.1, 0.15) is 5.51 Å². The molecule has 0 aliphatic rings. The van der Waals surface area contributed by atoms with E-state index in [0.29, 0.717) is 5.13 Å². The van der Waals surface area contributed by atoms with Crippen molar-refractivity contribution >= 4 is 28.4 Å². The van der Waals surface area contributed by atoms with E-state index < -0.39 is 11.9 Å². The normalized spacial score (nSPS) is 8.80. The van der Waals surface area contributed by atoms with Crippen molar-refractivity contribution in [1.29, 1.82) is 0 Å². The molecule has 0 aliphatic carbocycles. The van der Waals surface area contributed by atoms with Gasteiger partial charge in [0, 0.05) is 12.8 Å². The predicted molar refractivity (Wildman–Crippen MR) is 53.4 cm³/mol. The summed E-state index contributed by atoms with van der Waals surface area (Å²) in [6, 6.07) is 0. The first-order valence-corrected chi connectivity index (χ1v) is 4.85. The molecule has 0 amide bonds.